The molecule has 1 saturated heterocycles. The van der Waals surface area contributed by atoms with Crippen LogP contribution < -0.4 is 4.90 Å². The molecule has 0 bridgehead atoms. The summed E-state index contributed by atoms with van der Waals surface area (Å²) in [5, 5.41) is 15.6. The first kappa shape index (κ1) is 18.1. The van der Waals surface area contributed by atoms with Crippen molar-refractivity contribution < 1.29 is 4.92 Å². The number of hydrogen-bond acceptors (Lipinski definition) is 6. The Morgan fingerprint density at radius 2 is 1.78 bits per heavy atom. The van der Waals surface area contributed by atoms with Crippen molar-refractivity contribution in [3.05, 3.63) is 45.0 Å². The van der Waals surface area contributed by atoms with E-state index in [4.69, 9.17) is 17.3 Å². The minimum absolute atomic E-state index is 0.131. The number of piperazine rings is 1. The number of fused-ring (bicyclic) bond motifs is 1. The summed E-state index contributed by atoms with van der Waals surface area (Å²) in [4.78, 5) is 15.1. The molecule has 2 aliphatic heterocycles. The number of nitro benzene ring substituents is 1. The number of benzene rings is 1. The summed E-state index contributed by atoms with van der Waals surface area (Å²) >= 11 is 5.65. The largest absolute Gasteiger partial charge is 0.369 e. The highest BCUT2D eigenvalue weighted by Gasteiger charge is 2.20. The van der Waals surface area contributed by atoms with Crippen molar-refractivity contribution in [1.82, 2.24) is 19.2 Å². The SMILES string of the molecule is O=[N+]([O-])c1ccc(N2CCN(Cn3nc4n(c3=S)CCCCC4)CC2)cc1. The summed E-state index contributed by atoms with van der Waals surface area (Å²) in [6.45, 7) is 5.33. The summed E-state index contributed by atoms with van der Waals surface area (Å²) in [6.07, 6.45) is 4.65. The monoisotopic (exact) mass is 388 g/mol. The van der Waals surface area contributed by atoms with Crippen LogP contribution in [0.15, 0.2) is 24.3 Å². The third-order valence-corrected chi connectivity index (χ3v) is 5.84. The number of anilines is 1. The Hall–Kier alpha value is -2.26. The highest BCUT2D eigenvalue weighted by Crippen LogP contribution is 2.21. The van der Waals surface area contributed by atoms with Crippen LogP contribution in [0.5, 0.6) is 0 Å². The van der Waals surface area contributed by atoms with Crippen LogP contribution in [-0.2, 0) is 19.6 Å². The van der Waals surface area contributed by atoms with Crippen LogP contribution in [0.1, 0.15) is 25.1 Å². The predicted molar refractivity (Wildman–Crippen MR) is 105 cm³/mol. The first-order chi connectivity index (χ1) is 13.1. The molecule has 0 amide bonds. The molecule has 2 aliphatic rings. The van der Waals surface area contributed by atoms with Gasteiger partial charge in [0.15, 0.2) is 4.77 Å². The van der Waals surface area contributed by atoms with Crippen molar-refractivity contribution in [3.63, 3.8) is 0 Å². The number of aryl methyl sites for hydroxylation is 1. The van der Waals surface area contributed by atoms with Crippen LogP contribution in [0.3, 0.4) is 0 Å². The lowest BCUT2D eigenvalue weighted by Gasteiger charge is -2.35. The third-order valence-electron chi connectivity index (χ3n) is 5.41. The van der Waals surface area contributed by atoms with E-state index < -0.39 is 0 Å². The first-order valence-electron chi connectivity index (χ1n) is 9.50. The number of rotatable bonds is 4. The maximum Gasteiger partial charge on any atom is 0.269 e. The van der Waals surface area contributed by atoms with Gasteiger partial charge in [0.25, 0.3) is 5.69 Å². The van der Waals surface area contributed by atoms with Gasteiger partial charge in [0.05, 0.1) is 11.6 Å². The Balaban J connectivity index is 1.37. The van der Waals surface area contributed by atoms with Crippen molar-refractivity contribution in [2.75, 3.05) is 31.1 Å². The molecule has 0 atom stereocenters. The molecule has 1 aromatic carbocycles. The van der Waals surface area contributed by atoms with Gasteiger partial charge in [0.2, 0.25) is 0 Å². The molecule has 0 aliphatic carbocycles. The highest BCUT2D eigenvalue weighted by atomic mass is 32.1. The fourth-order valence-corrected chi connectivity index (χ4v) is 4.13. The van der Waals surface area contributed by atoms with Gasteiger partial charge < -0.3 is 9.47 Å². The standard InChI is InChI=1S/C18H24N6O2S/c25-24(26)16-7-5-15(6-8-16)21-12-10-20(11-13-21)14-23-18(27)22-9-3-1-2-4-17(22)19-23/h5-8H,1-4,9-14H2. The van der Waals surface area contributed by atoms with Gasteiger partial charge in [-0.25, -0.2) is 4.68 Å². The Morgan fingerprint density at radius 1 is 1.04 bits per heavy atom. The molecular weight excluding hydrogens is 364 g/mol. The van der Waals surface area contributed by atoms with Crippen molar-refractivity contribution in [2.24, 2.45) is 0 Å². The minimum Gasteiger partial charge on any atom is -0.369 e. The van der Waals surface area contributed by atoms with Gasteiger partial charge in [-0.05, 0) is 37.2 Å². The van der Waals surface area contributed by atoms with Crippen LogP contribution in [0.2, 0.25) is 0 Å². The van der Waals surface area contributed by atoms with Crippen LogP contribution in [-0.4, -0.2) is 50.3 Å². The lowest BCUT2D eigenvalue weighted by atomic mass is 10.2. The molecule has 2 aromatic rings. The van der Waals surface area contributed by atoms with Crippen molar-refractivity contribution in [2.45, 2.75) is 38.9 Å². The first-order valence-corrected chi connectivity index (χ1v) is 9.91. The van der Waals surface area contributed by atoms with Crippen LogP contribution >= 0.6 is 12.2 Å². The maximum atomic E-state index is 10.8. The van der Waals surface area contributed by atoms with E-state index in [-0.39, 0.29) is 10.6 Å². The molecule has 3 heterocycles. The zero-order valence-electron chi connectivity index (χ0n) is 15.3. The van der Waals surface area contributed by atoms with Gasteiger partial charge in [0.1, 0.15) is 5.82 Å². The zero-order valence-corrected chi connectivity index (χ0v) is 16.1. The average Bonchev–Trinajstić information content (AvgIpc) is 2.85. The molecule has 9 heteroatoms. The third kappa shape index (κ3) is 3.89. The molecule has 1 fully saturated rings. The minimum atomic E-state index is -0.363. The fourth-order valence-electron chi connectivity index (χ4n) is 3.84. The van der Waals surface area contributed by atoms with Gasteiger partial charge in [-0.3, -0.25) is 15.0 Å². The van der Waals surface area contributed by atoms with Crippen molar-refractivity contribution in [3.8, 4) is 0 Å². The second-order valence-electron chi connectivity index (χ2n) is 7.18. The van der Waals surface area contributed by atoms with Gasteiger partial charge in [0, 0.05) is 57.0 Å². The quantitative estimate of drug-likeness (QED) is 0.456. The molecule has 8 nitrogen and oxygen atoms in total. The van der Waals surface area contributed by atoms with Gasteiger partial charge in [-0.1, -0.05) is 6.42 Å². The smallest absolute Gasteiger partial charge is 0.269 e. The number of hydrogen-bond donors (Lipinski definition) is 0. The van der Waals surface area contributed by atoms with E-state index in [1.807, 2.05) is 16.8 Å². The fraction of sp³-hybridized carbons (Fsp3) is 0.556. The van der Waals surface area contributed by atoms with E-state index in [1.165, 1.54) is 19.3 Å². The number of nitro groups is 1. The van der Waals surface area contributed by atoms with E-state index >= 15 is 0 Å². The van der Waals surface area contributed by atoms with E-state index in [1.54, 1.807) is 12.1 Å². The number of non-ortho nitro benzene ring substituents is 1. The molecule has 0 spiro atoms. The summed E-state index contributed by atoms with van der Waals surface area (Å²) < 4.78 is 5.01. The Kier molecular flexibility index (Phi) is 5.22. The predicted octanol–water partition coefficient (Wildman–Crippen LogP) is 2.83. The molecule has 144 valence electrons. The van der Waals surface area contributed by atoms with E-state index in [2.05, 4.69) is 14.4 Å². The van der Waals surface area contributed by atoms with E-state index in [0.29, 0.717) is 0 Å². The van der Waals surface area contributed by atoms with E-state index in [0.717, 1.165) is 62.1 Å². The Bertz CT molecular complexity index is 867. The normalized spacial score (nSPS) is 18.1. The number of aromatic nitrogens is 3. The second-order valence-corrected chi connectivity index (χ2v) is 7.55. The van der Waals surface area contributed by atoms with Crippen LogP contribution in [0, 0.1) is 14.9 Å². The van der Waals surface area contributed by atoms with Gasteiger partial charge in [-0.2, -0.15) is 5.10 Å². The van der Waals surface area contributed by atoms with Crippen molar-refractivity contribution in [1.29, 1.82) is 0 Å². The van der Waals surface area contributed by atoms with Crippen LogP contribution in [0.4, 0.5) is 11.4 Å². The Morgan fingerprint density at radius 3 is 2.48 bits per heavy atom. The molecule has 0 saturated carbocycles. The zero-order chi connectivity index (χ0) is 18.8. The average molecular weight is 388 g/mol. The number of nitrogens with zero attached hydrogens (tertiary/aromatic N) is 6. The maximum absolute atomic E-state index is 10.8. The highest BCUT2D eigenvalue weighted by molar-refractivity contribution is 7.71. The molecule has 27 heavy (non-hydrogen) atoms. The Labute approximate surface area is 163 Å². The van der Waals surface area contributed by atoms with Crippen molar-refractivity contribution >= 4 is 23.6 Å². The summed E-state index contributed by atoms with van der Waals surface area (Å²) in [6, 6.07) is 6.80. The molecule has 4 rings (SSSR count). The van der Waals surface area contributed by atoms with Gasteiger partial charge in [-0.15, -0.1) is 0 Å². The summed E-state index contributed by atoms with van der Waals surface area (Å²) in [7, 11) is 0. The second kappa shape index (κ2) is 7.77. The molecule has 1 aromatic heterocycles. The topological polar surface area (TPSA) is 72.4 Å². The van der Waals surface area contributed by atoms with Gasteiger partial charge >= 0.3 is 0 Å². The van der Waals surface area contributed by atoms with Crippen LogP contribution in [0.25, 0.3) is 0 Å². The molecule has 0 N–H and O–H groups in total. The van der Waals surface area contributed by atoms with E-state index in [9.17, 15) is 10.1 Å². The lowest BCUT2D eigenvalue weighted by molar-refractivity contribution is -0.384. The molecule has 0 unspecified atom stereocenters. The summed E-state index contributed by atoms with van der Waals surface area (Å²) in [5.41, 5.74) is 1.16. The lowest BCUT2D eigenvalue weighted by Crippen LogP contribution is -2.47. The molecular formula is C18H24N6O2S. The summed E-state index contributed by atoms with van der Waals surface area (Å²) in [5.74, 6) is 1.13. The molecule has 0 radical (unpaired) electrons.